The number of halogens is 1. The number of fused-ring (bicyclic) bond motifs is 1. The summed E-state index contributed by atoms with van der Waals surface area (Å²) in [6.45, 7) is 5.27. The van der Waals surface area contributed by atoms with Crippen molar-refractivity contribution in [1.29, 1.82) is 0 Å². The lowest BCUT2D eigenvalue weighted by Crippen LogP contribution is -2.52. The molecule has 162 valence electrons. The van der Waals surface area contributed by atoms with Gasteiger partial charge in [-0.05, 0) is 55.2 Å². The number of hydrogen-bond acceptors (Lipinski definition) is 4. The molecule has 0 aliphatic carbocycles. The maximum absolute atomic E-state index is 13.2. The standard InChI is InChI=1S/C24H26ClN3O2S/c1-15(2)21(27-22(29)16-7-9-18(25)10-8-16)24(30)28-13-11-17(12-14-28)23-26-19-5-3-4-6-20(19)31-23/h3-10,15,17,21H,11-14H2,1-2H3,(H,27,29)/t21-/m1/s1. The van der Waals surface area contributed by atoms with Gasteiger partial charge >= 0.3 is 0 Å². The number of nitrogens with one attached hydrogen (secondary N) is 1. The van der Waals surface area contributed by atoms with Gasteiger partial charge in [0.05, 0.1) is 15.2 Å². The molecule has 2 heterocycles. The molecule has 0 radical (unpaired) electrons. The number of amides is 2. The maximum Gasteiger partial charge on any atom is 0.251 e. The predicted octanol–water partition coefficient (Wildman–Crippen LogP) is 5.11. The molecule has 1 fully saturated rings. The summed E-state index contributed by atoms with van der Waals surface area (Å²) >= 11 is 7.66. The highest BCUT2D eigenvalue weighted by atomic mass is 35.5. The van der Waals surface area contributed by atoms with Gasteiger partial charge in [-0.3, -0.25) is 9.59 Å². The van der Waals surface area contributed by atoms with Gasteiger partial charge in [0.15, 0.2) is 0 Å². The molecule has 0 bridgehead atoms. The lowest BCUT2D eigenvalue weighted by molar-refractivity contribution is -0.135. The van der Waals surface area contributed by atoms with Crippen LogP contribution in [0.4, 0.5) is 0 Å². The van der Waals surface area contributed by atoms with Gasteiger partial charge in [-0.1, -0.05) is 37.6 Å². The fourth-order valence-electron chi connectivity index (χ4n) is 3.95. The van der Waals surface area contributed by atoms with Crippen molar-refractivity contribution in [2.24, 2.45) is 5.92 Å². The number of benzene rings is 2. The van der Waals surface area contributed by atoms with E-state index in [4.69, 9.17) is 16.6 Å². The number of hydrogen-bond donors (Lipinski definition) is 1. The van der Waals surface area contributed by atoms with E-state index < -0.39 is 6.04 Å². The lowest BCUT2D eigenvalue weighted by atomic mass is 9.95. The maximum atomic E-state index is 13.2. The van der Waals surface area contributed by atoms with Crippen LogP contribution in [0.15, 0.2) is 48.5 Å². The second kappa shape index (κ2) is 9.37. The molecule has 7 heteroatoms. The Morgan fingerprint density at radius 1 is 1.10 bits per heavy atom. The quantitative estimate of drug-likeness (QED) is 0.581. The van der Waals surface area contributed by atoms with Crippen molar-refractivity contribution in [2.45, 2.75) is 38.6 Å². The second-order valence-corrected chi connectivity index (χ2v) is 9.82. The van der Waals surface area contributed by atoms with E-state index in [1.165, 1.54) is 4.70 Å². The van der Waals surface area contributed by atoms with Crippen LogP contribution in [0.1, 0.15) is 48.0 Å². The zero-order valence-corrected chi connectivity index (χ0v) is 19.2. The van der Waals surface area contributed by atoms with Crippen LogP contribution in [0.5, 0.6) is 0 Å². The fraction of sp³-hybridized carbons (Fsp3) is 0.375. The summed E-state index contributed by atoms with van der Waals surface area (Å²) in [5.41, 5.74) is 1.54. The molecule has 1 aliphatic rings. The third-order valence-electron chi connectivity index (χ3n) is 5.79. The van der Waals surface area contributed by atoms with E-state index in [1.807, 2.05) is 36.9 Å². The Bertz CT molecular complexity index is 1040. The van der Waals surface area contributed by atoms with Gasteiger partial charge in [0.2, 0.25) is 5.91 Å². The molecule has 1 N–H and O–H groups in total. The molecule has 3 aromatic rings. The zero-order valence-electron chi connectivity index (χ0n) is 17.7. The minimum absolute atomic E-state index is 0.00858. The van der Waals surface area contributed by atoms with Gasteiger partial charge in [-0.2, -0.15) is 0 Å². The molecule has 4 rings (SSSR count). The smallest absolute Gasteiger partial charge is 0.251 e. The number of thiazole rings is 1. The first-order valence-corrected chi connectivity index (χ1v) is 11.8. The van der Waals surface area contributed by atoms with Crippen LogP contribution in [0.25, 0.3) is 10.2 Å². The predicted molar refractivity (Wildman–Crippen MR) is 126 cm³/mol. The van der Waals surface area contributed by atoms with E-state index in [0.717, 1.165) is 23.4 Å². The summed E-state index contributed by atoms with van der Waals surface area (Å²) in [4.78, 5) is 32.6. The summed E-state index contributed by atoms with van der Waals surface area (Å²) in [5.74, 6) is 0.0986. The highest BCUT2D eigenvalue weighted by Crippen LogP contribution is 2.34. The normalized spacial score (nSPS) is 15.9. The lowest BCUT2D eigenvalue weighted by Gasteiger charge is -2.35. The number of carbonyl (C=O) groups excluding carboxylic acids is 2. The number of carbonyl (C=O) groups is 2. The molecule has 1 aromatic heterocycles. The van der Waals surface area contributed by atoms with Crippen LogP contribution >= 0.6 is 22.9 Å². The van der Waals surface area contributed by atoms with Crippen LogP contribution in [0.3, 0.4) is 0 Å². The number of piperidine rings is 1. The Hall–Kier alpha value is -2.44. The van der Waals surface area contributed by atoms with Gasteiger partial charge in [0.25, 0.3) is 5.91 Å². The van der Waals surface area contributed by atoms with Crippen LogP contribution in [0, 0.1) is 5.92 Å². The molecule has 1 atom stereocenters. The first-order valence-electron chi connectivity index (χ1n) is 10.6. The summed E-state index contributed by atoms with van der Waals surface area (Å²) in [6, 6.07) is 14.3. The molecule has 0 spiro atoms. The van der Waals surface area contributed by atoms with Crippen LogP contribution in [0.2, 0.25) is 5.02 Å². The van der Waals surface area contributed by atoms with E-state index in [0.29, 0.717) is 29.6 Å². The Kier molecular flexibility index (Phi) is 6.58. The highest BCUT2D eigenvalue weighted by molar-refractivity contribution is 7.18. The Morgan fingerprint density at radius 2 is 1.77 bits per heavy atom. The first kappa shape index (κ1) is 21.8. The Morgan fingerprint density at radius 3 is 2.42 bits per heavy atom. The van der Waals surface area contributed by atoms with Crippen molar-refractivity contribution in [3.63, 3.8) is 0 Å². The van der Waals surface area contributed by atoms with Crippen LogP contribution in [-0.2, 0) is 4.79 Å². The fourth-order valence-corrected chi connectivity index (χ4v) is 5.21. The van der Waals surface area contributed by atoms with E-state index in [1.54, 1.807) is 35.6 Å². The van der Waals surface area contributed by atoms with E-state index in [2.05, 4.69) is 11.4 Å². The number of para-hydroxylation sites is 1. The number of rotatable bonds is 5. The van der Waals surface area contributed by atoms with Gasteiger partial charge < -0.3 is 10.2 Å². The van der Waals surface area contributed by atoms with Crippen molar-refractivity contribution >= 4 is 45.0 Å². The summed E-state index contributed by atoms with van der Waals surface area (Å²) in [6.07, 6.45) is 1.78. The molecule has 5 nitrogen and oxygen atoms in total. The van der Waals surface area contributed by atoms with Gasteiger partial charge in [0, 0.05) is 29.6 Å². The summed E-state index contributed by atoms with van der Waals surface area (Å²) in [5, 5.41) is 4.66. The van der Waals surface area contributed by atoms with Crippen LogP contribution < -0.4 is 5.32 Å². The van der Waals surface area contributed by atoms with Crippen molar-refractivity contribution in [2.75, 3.05) is 13.1 Å². The highest BCUT2D eigenvalue weighted by Gasteiger charge is 2.32. The summed E-state index contributed by atoms with van der Waals surface area (Å²) < 4.78 is 1.21. The van der Waals surface area contributed by atoms with Crippen molar-refractivity contribution in [3.05, 3.63) is 64.1 Å². The third kappa shape index (κ3) is 4.91. The second-order valence-electron chi connectivity index (χ2n) is 8.32. The van der Waals surface area contributed by atoms with Gasteiger partial charge in [-0.15, -0.1) is 11.3 Å². The molecule has 1 saturated heterocycles. The zero-order chi connectivity index (χ0) is 22.0. The van der Waals surface area contributed by atoms with Crippen molar-refractivity contribution < 1.29 is 9.59 Å². The minimum Gasteiger partial charge on any atom is -0.341 e. The van der Waals surface area contributed by atoms with E-state index in [9.17, 15) is 9.59 Å². The van der Waals surface area contributed by atoms with Crippen molar-refractivity contribution in [1.82, 2.24) is 15.2 Å². The molecular weight excluding hydrogens is 430 g/mol. The molecular formula is C24H26ClN3O2S. The topological polar surface area (TPSA) is 62.3 Å². The Balaban J connectivity index is 1.39. The third-order valence-corrected chi connectivity index (χ3v) is 7.24. The van der Waals surface area contributed by atoms with Crippen LogP contribution in [-0.4, -0.2) is 40.8 Å². The first-order chi connectivity index (χ1) is 14.9. The SMILES string of the molecule is CC(C)[C@@H](NC(=O)c1ccc(Cl)cc1)C(=O)N1CCC(c2nc3ccccc3s2)CC1. The van der Waals surface area contributed by atoms with Gasteiger partial charge in [0.1, 0.15) is 6.04 Å². The molecule has 31 heavy (non-hydrogen) atoms. The van der Waals surface area contributed by atoms with Gasteiger partial charge in [-0.25, -0.2) is 4.98 Å². The number of likely N-dealkylation sites (tertiary alicyclic amines) is 1. The summed E-state index contributed by atoms with van der Waals surface area (Å²) in [7, 11) is 0. The molecule has 2 amide bonds. The molecule has 1 aliphatic heterocycles. The molecule has 2 aromatic carbocycles. The monoisotopic (exact) mass is 455 g/mol. The van der Waals surface area contributed by atoms with Crippen molar-refractivity contribution in [3.8, 4) is 0 Å². The molecule has 0 saturated carbocycles. The van der Waals surface area contributed by atoms with E-state index >= 15 is 0 Å². The minimum atomic E-state index is -0.554. The Labute approximate surface area is 191 Å². The van der Waals surface area contributed by atoms with E-state index in [-0.39, 0.29) is 17.7 Å². The number of nitrogens with zero attached hydrogens (tertiary/aromatic N) is 2. The molecule has 0 unspecified atom stereocenters. The largest absolute Gasteiger partial charge is 0.341 e. The average molecular weight is 456 g/mol. The average Bonchev–Trinajstić information content (AvgIpc) is 3.21. The number of aromatic nitrogens is 1.